The van der Waals surface area contributed by atoms with Crippen LogP contribution in [0.3, 0.4) is 0 Å². The van der Waals surface area contributed by atoms with Crippen molar-refractivity contribution in [1.29, 1.82) is 0 Å². The van der Waals surface area contributed by atoms with Crippen molar-refractivity contribution in [3.8, 4) is 11.5 Å². The molecule has 0 bridgehead atoms. The average Bonchev–Trinajstić information content (AvgIpc) is 2.38. The highest BCUT2D eigenvalue weighted by Gasteiger charge is 2.14. The number of benzene rings is 1. The van der Waals surface area contributed by atoms with Crippen molar-refractivity contribution in [1.82, 2.24) is 5.32 Å². The average molecular weight is 251 g/mol. The first-order valence-electron chi connectivity index (χ1n) is 6.68. The van der Waals surface area contributed by atoms with Gasteiger partial charge in [-0.05, 0) is 31.0 Å². The normalized spacial score (nSPS) is 12.5. The van der Waals surface area contributed by atoms with Crippen molar-refractivity contribution in [2.75, 3.05) is 20.3 Å². The number of methoxy groups -OCH3 is 1. The van der Waals surface area contributed by atoms with E-state index < -0.39 is 0 Å². The summed E-state index contributed by atoms with van der Waals surface area (Å²) in [6.45, 7) is 8.28. The van der Waals surface area contributed by atoms with Crippen LogP contribution in [0.2, 0.25) is 0 Å². The van der Waals surface area contributed by atoms with E-state index in [1.54, 1.807) is 7.11 Å². The first-order chi connectivity index (χ1) is 8.69. The van der Waals surface area contributed by atoms with Crippen LogP contribution in [0, 0.1) is 5.92 Å². The van der Waals surface area contributed by atoms with Crippen LogP contribution in [-0.2, 0) is 0 Å². The van der Waals surface area contributed by atoms with E-state index in [2.05, 4.69) is 26.1 Å². The summed E-state index contributed by atoms with van der Waals surface area (Å²) in [5.74, 6) is 2.14. The molecule has 0 radical (unpaired) electrons. The fraction of sp³-hybridized carbons (Fsp3) is 0.600. The van der Waals surface area contributed by atoms with Gasteiger partial charge in [0, 0.05) is 6.04 Å². The summed E-state index contributed by atoms with van der Waals surface area (Å²) in [7, 11) is 1.66. The van der Waals surface area contributed by atoms with Gasteiger partial charge in [0.1, 0.15) is 6.61 Å². The highest BCUT2D eigenvalue weighted by molar-refractivity contribution is 5.39. The summed E-state index contributed by atoms with van der Waals surface area (Å²) in [5.41, 5.74) is 0. The lowest BCUT2D eigenvalue weighted by Gasteiger charge is -2.23. The minimum absolute atomic E-state index is 0.370. The topological polar surface area (TPSA) is 30.5 Å². The summed E-state index contributed by atoms with van der Waals surface area (Å²) in [4.78, 5) is 0. The van der Waals surface area contributed by atoms with Gasteiger partial charge in [-0.1, -0.05) is 32.9 Å². The van der Waals surface area contributed by atoms with Crippen LogP contribution in [0.1, 0.15) is 27.2 Å². The molecular formula is C15H25NO2. The Morgan fingerprint density at radius 1 is 1.17 bits per heavy atom. The molecule has 0 amide bonds. The van der Waals surface area contributed by atoms with E-state index in [1.165, 1.54) is 0 Å². The van der Waals surface area contributed by atoms with Crippen molar-refractivity contribution in [2.45, 2.75) is 33.2 Å². The maximum atomic E-state index is 5.86. The first kappa shape index (κ1) is 14.8. The molecule has 0 spiro atoms. The van der Waals surface area contributed by atoms with Crippen LogP contribution in [-0.4, -0.2) is 26.3 Å². The minimum Gasteiger partial charge on any atom is -0.493 e. The summed E-state index contributed by atoms with van der Waals surface area (Å²) >= 11 is 0. The lowest BCUT2D eigenvalue weighted by atomic mass is 10.1. The molecule has 102 valence electrons. The Morgan fingerprint density at radius 2 is 1.83 bits per heavy atom. The van der Waals surface area contributed by atoms with E-state index in [9.17, 15) is 0 Å². The Balaban J connectivity index is 2.55. The lowest BCUT2D eigenvalue weighted by Crippen LogP contribution is -2.39. The minimum atomic E-state index is 0.370. The number of rotatable bonds is 8. The third-order valence-corrected chi connectivity index (χ3v) is 2.95. The van der Waals surface area contributed by atoms with Crippen LogP contribution in [0.5, 0.6) is 11.5 Å². The van der Waals surface area contributed by atoms with E-state index in [1.807, 2.05) is 24.3 Å². The number of para-hydroxylation sites is 2. The van der Waals surface area contributed by atoms with Crippen molar-refractivity contribution in [3.05, 3.63) is 24.3 Å². The first-order valence-corrected chi connectivity index (χ1v) is 6.68. The summed E-state index contributed by atoms with van der Waals surface area (Å²) in [6.07, 6.45) is 1.14. The third kappa shape index (κ3) is 4.57. The zero-order valence-corrected chi connectivity index (χ0v) is 11.9. The highest BCUT2D eigenvalue weighted by atomic mass is 16.5. The van der Waals surface area contributed by atoms with Crippen LogP contribution in [0.15, 0.2) is 24.3 Å². The van der Waals surface area contributed by atoms with Gasteiger partial charge in [0.2, 0.25) is 0 Å². The Labute approximate surface area is 110 Å². The number of hydrogen-bond donors (Lipinski definition) is 1. The van der Waals surface area contributed by atoms with Crippen LogP contribution in [0.25, 0.3) is 0 Å². The van der Waals surface area contributed by atoms with Crippen molar-refractivity contribution in [2.24, 2.45) is 5.92 Å². The van der Waals surface area contributed by atoms with Gasteiger partial charge in [0.25, 0.3) is 0 Å². The van der Waals surface area contributed by atoms with Gasteiger partial charge in [-0.25, -0.2) is 0 Å². The number of hydrogen-bond acceptors (Lipinski definition) is 3. The standard InChI is InChI=1S/C15H25NO2/c1-5-10-16-13(12(2)3)11-18-15-9-7-6-8-14(15)17-4/h6-9,12-13,16H,5,10-11H2,1-4H3. The molecule has 0 aliphatic rings. The SMILES string of the molecule is CCCNC(COc1ccccc1OC)C(C)C. The molecule has 0 heterocycles. The maximum absolute atomic E-state index is 5.86. The summed E-state index contributed by atoms with van der Waals surface area (Å²) in [6, 6.07) is 8.13. The molecule has 1 aromatic carbocycles. The zero-order valence-electron chi connectivity index (χ0n) is 11.9. The van der Waals surface area contributed by atoms with E-state index in [0.717, 1.165) is 24.5 Å². The second-order valence-corrected chi connectivity index (χ2v) is 4.77. The molecule has 0 saturated carbocycles. The van der Waals surface area contributed by atoms with Crippen LogP contribution < -0.4 is 14.8 Å². The molecule has 0 saturated heterocycles. The van der Waals surface area contributed by atoms with Crippen molar-refractivity contribution >= 4 is 0 Å². The summed E-state index contributed by atoms with van der Waals surface area (Å²) in [5, 5.41) is 3.51. The van der Waals surface area contributed by atoms with Crippen molar-refractivity contribution in [3.63, 3.8) is 0 Å². The molecule has 1 aromatic rings. The van der Waals surface area contributed by atoms with E-state index >= 15 is 0 Å². The van der Waals surface area contributed by atoms with Crippen molar-refractivity contribution < 1.29 is 9.47 Å². The van der Waals surface area contributed by atoms with E-state index in [0.29, 0.717) is 18.6 Å². The molecule has 0 aliphatic carbocycles. The van der Waals surface area contributed by atoms with Gasteiger partial charge in [-0.15, -0.1) is 0 Å². The smallest absolute Gasteiger partial charge is 0.161 e. The third-order valence-electron chi connectivity index (χ3n) is 2.95. The molecule has 1 rings (SSSR count). The van der Waals surface area contributed by atoms with Gasteiger partial charge in [-0.3, -0.25) is 0 Å². The Bertz CT molecular complexity index is 339. The number of nitrogens with one attached hydrogen (secondary N) is 1. The second kappa shape index (κ2) is 7.98. The Hall–Kier alpha value is -1.22. The largest absolute Gasteiger partial charge is 0.493 e. The molecule has 1 atom stereocenters. The second-order valence-electron chi connectivity index (χ2n) is 4.77. The lowest BCUT2D eigenvalue weighted by molar-refractivity contribution is 0.222. The molecule has 0 aromatic heterocycles. The predicted molar refractivity (Wildman–Crippen MR) is 75.4 cm³/mol. The zero-order chi connectivity index (χ0) is 13.4. The molecule has 18 heavy (non-hydrogen) atoms. The van der Waals surface area contributed by atoms with Gasteiger partial charge in [0.15, 0.2) is 11.5 Å². The molecule has 3 heteroatoms. The van der Waals surface area contributed by atoms with Gasteiger partial charge < -0.3 is 14.8 Å². The maximum Gasteiger partial charge on any atom is 0.161 e. The van der Waals surface area contributed by atoms with Crippen LogP contribution in [0.4, 0.5) is 0 Å². The predicted octanol–water partition coefficient (Wildman–Crippen LogP) is 3.10. The highest BCUT2D eigenvalue weighted by Crippen LogP contribution is 2.26. The monoisotopic (exact) mass is 251 g/mol. The fourth-order valence-corrected chi connectivity index (χ4v) is 1.73. The van der Waals surface area contributed by atoms with Crippen LogP contribution >= 0.6 is 0 Å². The molecular weight excluding hydrogens is 226 g/mol. The molecule has 0 fully saturated rings. The molecule has 3 nitrogen and oxygen atoms in total. The Morgan fingerprint density at radius 3 is 2.39 bits per heavy atom. The molecule has 0 aliphatic heterocycles. The number of ether oxygens (including phenoxy) is 2. The van der Waals surface area contributed by atoms with Gasteiger partial charge >= 0.3 is 0 Å². The molecule has 1 N–H and O–H groups in total. The van der Waals surface area contributed by atoms with Gasteiger partial charge in [-0.2, -0.15) is 0 Å². The fourth-order valence-electron chi connectivity index (χ4n) is 1.73. The van der Waals surface area contributed by atoms with Gasteiger partial charge in [0.05, 0.1) is 7.11 Å². The van der Waals surface area contributed by atoms with E-state index in [4.69, 9.17) is 9.47 Å². The summed E-state index contributed by atoms with van der Waals surface area (Å²) < 4.78 is 11.1. The molecule has 1 unspecified atom stereocenters. The Kier molecular flexibility index (Phi) is 6.58. The van der Waals surface area contributed by atoms with E-state index in [-0.39, 0.29) is 0 Å². The quantitative estimate of drug-likeness (QED) is 0.770.